The van der Waals surface area contributed by atoms with Gasteiger partial charge in [-0.05, 0) is 19.9 Å². The fourth-order valence-electron chi connectivity index (χ4n) is 1.49. The lowest BCUT2D eigenvalue weighted by atomic mass is 10.1. The van der Waals surface area contributed by atoms with E-state index in [2.05, 4.69) is 5.32 Å². The number of rotatable bonds is 4. The molecule has 17 heavy (non-hydrogen) atoms. The minimum atomic E-state index is -0.950. The minimum absolute atomic E-state index is 0.0834. The highest BCUT2D eigenvalue weighted by molar-refractivity contribution is 5.92. The number of nitrogens with one attached hydrogen (secondary N) is 1. The molecule has 1 N–H and O–H groups in total. The first-order valence-electron chi connectivity index (χ1n) is 5.04. The number of carbonyl (C=O) groups is 1. The molecule has 0 aliphatic carbocycles. The Labute approximate surface area is 98.2 Å². The molecule has 94 valence electrons. The minimum Gasteiger partial charge on any atom is -0.462 e. The smallest absolute Gasteiger partial charge is 0.345 e. The second-order valence-electron chi connectivity index (χ2n) is 3.36. The number of carbonyl (C=O) groups excluding carboxylic acids is 1. The molecule has 1 heterocycles. The molecule has 1 aliphatic rings. The van der Waals surface area contributed by atoms with Gasteiger partial charge in [0.05, 0.1) is 11.5 Å². The van der Waals surface area contributed by atoms with Crippen LogP contribution in [0.1, 0.15) is 13.8 Å². The van der Waals surface area contributed by atoms with Crippen LogP contribution in [0.5, 0.6) is 0 Å². The van der Waals surface area contributed by atoms with Crippen LogP contribution in [0.15, 0.2) is 23.0 Å². The molecule has 0 fully saturated rings. The van der Waals surface area contributed by atoms with Gasteiger partial charge in [-0.3, -0.25) is 10.1 Å². The van der Waals surface area contributed by atoms with Gasteiger partial charge in [0.2, 0.25) is 6.23 Å². The van der Waals surface area contributed by atoms with E-state index in [1.165, 1.54) is 13.2 Å². The molecule has 0 aromatic heterocycles. The van der Waals surface area contributed by atoms with E-state index in [4.69, 9.17) is 9.47 Å². The molecule has 0 radical (unpaired) electrons. The summed E-state index contributed by atoms with van der Waals surface area (Å²) >= 11 is 0. The highest BCUT2D eigenvalue weighted by Gasteiger charge is 2.35. The van der Waals surface area contributed by atoms with Gasteiger partial charge in [-0.1, -0.05) is 0 Å². The highest BCUT2D eigenvalue weighted by Crippen LogP contribution is 2.20. The van der Waals surface area contributed by atoms with Crippen LogP contribution in [-0.4, -0.2) is 30.8 Å². The lowest BCUT2D eigenvalue weighted by molar-refractivity contribution is -0.438. The Morgan fingerprint density at radius 2 is 2.29 bits per heavy atom. The van der Waals surface area contributed by atoms with Crippen LogP contribution in [0.25, 0.3) is 0 Å². The number of allylic oxidation sites excluding steroid dienone is 1. The van der Waals surface area contributed by atoms with Crippen molar-refractivity contribution in [3.05, 3.63) is 33.2 Å². The van der Waals surface area contributed by atoms with E-state index in [-0.39, 0.29) is 17.9 Å². The van der Waals surface area contributed by atoms with E-state index in [1.54, 1.807) is 13.8 Å². The molecule has 7 nitrogen and oxygen atoms in total. The molecule has 0 amide bonds. The van der Waals surface area contributed by atoms with Crippen LogP contribution in [0.3, 0.4) is 0 Å². The summed E-state index contributed by atoms with van der Waals surface area (Å²) in [6.07, 6.45) is 0.431. The van der Waals surface area contributed by atoms with E-state index in [0.717, 1.165) is 0 Å². The first-order chi connectivity index (χ1) is 8.01. The number of hydrogen-bond acceptors (Lipinski definition) is 6. The Morgan fingerprint density at radius 3 is 2.76 bits per heavy atom. The predicted molar refractivity (Wildman–Crippen MR) is 58.3 cm³/mol. The summed E-state index contributed by atoms with van der Waals surface area (Å²) in [5.74, 6) is -0.720. The third-order valence-corrected chi connectivity index (χ3v) is 2.17. The summed E-state index contributed by atoms with van der Waals surface area (Å²) in [5, 5.41) is 13.7. The normalized spacial score (nSPS) is 19.5. The maximum Gasteiger partial charge on any atom is 0.345 e. The van der Waals surface area contributed by atoms with Crippen LogP contribution >= 0.6 is 0 Å². The average Bonchev–Trinajstić information content (AvgIpc) is 2.27. The predicted octanol–water partition coefficient (Wildman–Crippen LogP) is 0.560. The zero-order valence-corrected chi connectivity index (χ0v) is 9.85. The fraction of sp³-hybridized carbons (Fsp3) is 0.500. The van der Waals surface area contributed by atoms with Gasteiger partial charge in [0, 0.05) is 12.8 Å². The van der Waals surface area contributed by atoms with Crippen molar-refractivity contribution in [1.82, 2.24) is 5.32 Å². The van der Waals surface area contributed by atoms with E-state index >= 15 is 0 Å². The van der Waals surface area contributed by atoms with Crippen LogP contribution in [0.4, 0.5) is 0 Å². The first-order valence-corrected chi connectivity index (χ1v) is 5.04. The maximum atomic E-state index is 11.6. The average molecular weight is 242 g/mol. The van der Waals surface area contributed by atoms with Gasteiger partial charge in [-0.15, -0.1) is 0 Å². The molecule has 0 spiro atoms. The Bertz CT molecular complexity index is 400. The SMILES string of the molecule is CCOC(=O)C1=C([N+](=O)[O-])C(OC)NC(C)=C1. The van der Waals surface area contributed by atoms with Crippen molar-refractivity contribution in [3.8, 4) is 0 Å². The van der Waals surface area contributed by atoms with Crippen LogP contribution < -0.4 is 5.32 Å². The standard InChI is InChI=1S/C10H14N2O5/c1-4-17-10(13)7-5-6(2)11-9(16-3)8(7)12(14)15/h5,9,11H,4H2,1-3H3. The first kappa shape index (κ1) is 13.2. The fourth-order valence-corrected chi connectivity index (χ4v) is 1.49. The summed E-state index contributed by atoms with van der Waals surface area (Å²) in [6.45, 7) is 3.48. The molecule has 0 bridgehead atoms. The molecule has 0 aromatic rings. The molecular formula is C10H14N2O5. The Balaban J connectivity index is 3.22. The summed E-state index contributed by atoms with van der Waals surface area (Å²) in [5.41, 5.74) is 0.182. The molecule has 0 saturated heterocycles. The van der Waals surface area contributed by atoms with Gasteiger partial charge < -0.3 is 14.8 Å². The maximum absolute atomic E-state index is 11.6. The van der Waals surface area contributed by atoms with Crippen LogP contribution in [0.2, 0.25) is 0 Å². The molecule has 7 heteroatoms. The Hall–Kier alpha value is -1.89. The van der Waals surface area contributed by atoms with Crippen LogP contribution in [0, 0.1) is 10.1 Å². The van der Waals surface area contributed by atoms with Crippen molar-refractivity contribution in [3.63, 3.8) is 0 Å². The molecule has 1 unspecified atom stereocenters. The monoisotopic (exact) mass is 242 g/mol. The number of ether oxygens (including phenoxy) is 2. The lowest BCUT2D eigenvalue weighted by Crippen LogP contribution is -2.39. The summed E-state index contributed by atoms with van der Waals surface area (Å²) in [7, 11) is 1.32. The van der Waals surface area contributed by atoms with Gasteiger partial charge in [-0.2, -0.15) is 0 Å². The summed E-state index contributed by atoms with van der Waals surface area (Å²) < 4.78 is 9.71. The largest absolute Gasteiger partial charge is 0.462 e. The number of hydrogen-bond donors (Lipinski definition) is 1. The molecule has 0 saturated carbocycles. The quantitative estimate of drug-likeness (QED) is 0.440. The summed E-state index contributed by atoms with van der Waals surface area (Å²) in [6, 6.07) is 0. The van der Waals surface area contributed by atoms with Gasteiger partial charge in [0.25, 0.3) is 0 Å². The van der Waals surface area contributed by atoms with E-state index in [0.29, 0.717) is 5.70 Å². The number of nitrogens with zero attached hydrogens (tertiary/aromatic N) is 1. The van der Waals surface area contributed by atoms with Crippen molar-refractivity contribution in [1.29, 1.82) is 0 Å². The third kappa shape index (κ3) is 2.82. The number of dihydropyridines is 1. The molecule has 1 rings (SSSR count). The molecule has 0 aromatic carbocycles. The van der Waals surface area contributed by atoms with Crippen molar-refractivity contribution in [2.45, 2.75) is 20.1 Å². The third-order valence-electron chi connectivity index (χ3n) is 2.17. The van der Waals surface area contributed by atoms with Gasteiger partial charge in [0.15, 0.2) is 0 Å². The Morgan fingerprint density at radius 1 is 1.65 bits per heavy atom. The van der Waals surface area contributed by atoms with Crippen LogP contribution in [-0.2, 0) is 14.3 Å². The zero-order valence-electron chi connectivity index (χ0n) is 9.85. The van der Waals surface area contributed by atoms with Gasteiger partial charge in [0.1, 0.15) is 5.57 Å². The van der Waals surface area contributed by atoms with Crippen molar-refractivity contribution in [2.75, 3.05) is 13.7 Å². The zero-order chi connectivity index (χ0) is 13.0. The van der Waals surface area contributed by atoms with Crippen molar-refractivity contribution in [2.24, 2.45) is 0 Å². The van der Waals surface area contributed by atoms with E-state index in [1.807, 2.05) is 0 Å². The van der Waals surface area contributed by atoms with E-state index < -0.39 is 17.1 Å². The highest BCUT2D eigenvalue weighted by atomic mass is 16.6. The summed E-state index contributed by atoms with van der Waals surface area (Å²) in [4.78, 5) is 21.9. The Kier molecular flexibility index (Phi) is 4.22. The van der Waals surface area contributed by atoms with Crippen molar-refractivity contribution < 1.29 is 19.2 Å². The second kappa shape index (κ2) is 5.44. The number of nitro groups is 1. The topological polar surface area (TPSA) is 90.7 Å². The van der Waals surface area contributed by atoms with E-state index in [9.17, 15) is 14.9 Å². The number of methoxy groups -OCH3 is 1. The molecular weight excluding hydrogens is 228 g/mol. The molecule has 1 atom stereocenters. The van der Waals surface area contributed by atoms with Crippen molar-refractivity contribution >= 4 is 5.97 Å². The number of esters is 1. The second-order valence-corrected chi connectivity index (χ2v) is 3.36. The van der Waals surface area contributed by atoms with Gasteiger partial charge in [-0.25, -0.2) is 4.79 Å². The lowest BCUT2D eigenvalue weighted by Gasteiger charge is -2.21. The van der Waals surface area contributed by atoms with Gasteiger partial charge >= 0.3 is 11.7 Å². The molecule has 1 aliphatic heterocycles.